The van der Waals surface area contributed by atoms with E-state index < -0.39 is 0 Å². The maximum absolute atomic E-state index is 9.12. The summed E-state index contributed by atoms with van der Waals surface area (Å²) in [5.74, 6) is 0. The summed E-state index contributed by atoms with van der Waals surface area (Å²) in [5.41, 5.74) is 7.79. The molecule has 2 atom stereocenters. The fraction of sp³-hybridized carbons (Fsp3) is 0.500. The largest absolute Gasteiger partial charge is 0.370 e. The Balaban J connectivity index is 2.19. The van der Waals surface area contributed by atoms with E-state index >= 15 is 0 Å². The molecule has 1 aromatic carbocycles. The molecule has 0 aromatic heterocycles. The lowest BCUT2D eigenvalue weighted by Gasteiger charge is -2.35. The topological polar surface area (TPSA) is 53.0 Å². The van der Waals surface area contributed by atoms with Gasteiger partial charge >= 0.3 is 0 Å². The lowest BCUT2D eigenvalue weighted by molar-refractivity contribution is 0.382. The van der Waals surface area contributed by atoms with E-state index in [1.165, 1.54) is 12.8 Å². The predicted molar refractivity (Wildman–Crippen MR) is 69.8 cm³/mol. The second-order valence-electron chi connectivity index (χ2n) is 4.82. The van der Waals surface area contributed by atoms with Crippen LogP contribution in [0.3, 0.4) is 0 Å². The molecule has 0 spiro atoms. The lowest BCUT2D eigenvalue weighted by Crippen LogP contribution is -2.40. The average molecular weight is 229 g/mol. The number of benzene rings is 1. The van der Waals surface area contributed by atoms with Crippen molar-refractivity contribution >= 4 is 5.69 Å². The van der Waals surface area contributed by atoms with E-state index in [-0.39, 0.29) is 0 Å². The van der Waals surface area contributed by atoms with Crippen LogP contribution in [0.2, 0.25) is 0 Å². The molecule has 0 radical (unpaired) electrons. The third-order valence-corrected chi connectivity index (χ3v) is 3.64. The van der Waals surface area contributed by atoms with Crippen molar-refractivity contribution in [3.05, 3.63) is 29.8 Å². The first-order valence-corrected chi connectivity index (χ1v) is 6.20. The Morgan fingerprint density at radius 2 is 2.12 bits per heavy atom. The highest BCUT2D eigenvalue weighted by Gasteiger charge is 2.23. The van der Waals surface area contributed by atoms with Crippen molar-refractivity contribution in [1.82, 2.24) is 0 Å². The fourth-order valence-electron chi connectivity index (χ4n) is 2.63. The van der Waals surface area contributed by atoms with Gasteiger partial charge < -0.3 is 10.6 Å². The van der Waals surface area contributed by atoms with Gasteiger partial charge in [0.1, 0.15) is 6.07 Å². The zero-order valence-corrected chi connectivity index (χ0v) is 10.3. The summed E-state index contributed by atoms with van der Waals surface area (Å²) in [6, 6.07) is 10.8. The van der Waals surface area contributed by atoms with Gasteiger partial charge in [0, 0.05) is 19.1 Å². The van der Waals surface area contributed by atoms with Crippen molar-refractivity contribution in [3.63, 3.8) is 0 Å². The smallest absolute Gasteiger partial charge is 0.101 e. The van der Waals surface area contributed by atoms with Crippen LogP contribution in [0, 0.1) is 11.3 Å². The first-order chi connectivity index (χ1) is 8.22. The van der Waals surface area contributed by atoms with Gasteiger partial charge in [0.15, 0.2) is 0 Å². The number of hydrogen-bond donors (Lipinski definition) is 1. The standard InChI is InChI=1S/C14H19N3/c1-17(13-7-4-6-12(16)9-13)14-8-3-2-5-11(14)10-15/h2-3,5,8,12-13H,4,6-7,9,16H2,1H3. The first-order valence-electron chi connectivity index (χ1n) is 6.20. The molecule has 0 amide bonds. The normalized spacial score (nSPS) is 24.1. The Labute approximate surface area is 103 Å². The van der Waals surface area contributed by atoms with Crippen molar-refractivity contribution in [2.75, 3.05) is 11.9 Å². The van der Waals surface area contributed by atoms with Crippen molar-refractivity contribution in [2.24, 2.45) is 5.73 Å². The molecule has 3 nitrogen and oxygen atoms in total. The van der Waals surface area contributed by atoms with Gasteiger partial charge in [-0.05, 0) is 37.8 Å². The number of nitrogens with zero attached hydrogens (tertiary/aromatic N) is 2. The highest BCUT2D eigenvalue weighted by atomic mass is 15.1. The average Bonchev–Trinajstić information content (AvgIpc) is 2.38. The molecule has 2 N–H and O–H groups in total. The van der Waals surface area contributed by atoms with Crippen LogP contribution in [0.5, 0.6) is 0 Å². The van der Waals surface area contributed by atoms with Crippen LogP contribution in [0.25, 0.3) is 0 Å². The minimum absolute atomic E-state index is 0.311. The summed E-state index contributed by atoms with van der Waals surface area (Å²) in [6.45, 7) is 0. The zero-order chi connectivity index (χ0) is 12.3. The molecular formula is C14H19N3. The van der Waals surface area contributed by atoms with Crippen LogP contribution in [0.1, 0.15) is 31.2 Å². The number of nitriles is 1. The highest BCUT2D eigenvalue weighted by Crippen LogP contribution is 2.27. The Kier molecular flexibility index (Phi) is 3.65. The first kappa shape index (κ1) is 11.9. The van der Waals surface area contributed by atoms with Crippen molar-refractivity contribution < 1.29 is 0 Å². The van der Waals surface area contributed by atoms with E-state index in [2.05, 4.69) is 18.0 Å². The van der Waals surface area contributed by atoms with E-state index in [0.717, 1.165) is 24.1 Å². The number of nitrogens with two attached hydrogens (primary N) is 1. The molecule has 0 heterocycles. The van der Waals surface area contributed by atoms with Crippen LogP contribution in [0.15, 0.2) is 24.3 Å². The number of para-hydroxylation sites is 1. The Bertz CT molecular complexity index is 422. The maximum Gasteiger partial charge on any atom is 0.101 e. The van der Waals surface area contributed by atoms with Gasteiger partial charge in [-0.3, -0.25) is 0 Å². The second kappa shape index (κ2) is 5.20. The van der Waals surface area contributed by atoms with Gasteiger partial charge in [-0.1, -0.05) is 12.1 Å². The molecule has 0 aliphatic heterocycles. The zero-order valence-electron chi connectivity index (χ0n) is 10.3. The van der Waals surface area contributed by atoms with E-state index in [1.807, 2.05) is 24.3 Å². The van der Waals surface area contributed by atoms with E-state index in [9.17, 15) is 0 Å². The second-order valence-corrected chi connectivity index (χ2v) is 4.82. The van der Waals surface area contributed by atoms with Crippen LogP contribution in [-0.2, 0) is 0 Å². The van der Waals surface area contributed by atoms with Gasteiger partial charge in [-0.2, -0.15) is 5.26 Å². The van der Waals surface area contributed by atoms with Gasteiger partial charge in [0.25, 0.3) is 0 Å². The molecule has 3 heteroatoms. The monoisotopic (exact) mass is 229 g/mol. The summed E-state index contributed by atoms with van der Waals surface area (Å²) < 4.78 is 0. The van der Waals surface area contributed by atoms with E-state index in [4.69, 9.17) is 11.0 Å². The molecule has 2 rings (SSSR count). The number of anilines is 1. The van der Waals surface area contributed by atoms with Crippen LogP contribution in [0.4, 0.5) is 5.69 Å². The molecule has 0 bridgehead atoms. The Hall–Kier alpha value is -1.53. The van der Waals surface area contributed by atoms with Crippen molar-refractivity contribution in [1.29, 1.82) is 5.26 Å². The number of hydrogen-bond acceptors (Lipinski definition) is 3. The van der Waals surface area contributed by atoms with Gasteiger partial charge in [-0.25, -0.2) is 0 Å². The minimum Gasteiger partial charge on any atom is -0.370 e. The molecule has 90 valence electrons. The van der Waals surface area contributed by atoms with E-state index in [0.29, 0.717) is 12.1 Å². The molecule has 17 heavy (non-hydrogen) atoms. The lowest BCUT2D eigenvalue weighted by atomic mass is 9.90. The molecular weight excluding hydrogens is 210 g/mol. The Morgan fingerprint density at radius 1 is 1.35 bits per heavy atom. The maximum atomic E-state index is 9.12. The van der Waals surface area contributed by atoms with Crippen LogP contribution >= 0.6 is 0 Å². The summed E-state index contributed by atoms with van der Waals surface area (Å²) in [7, 11) is 2.07. The summed E-state index contributed by atoms with van der Waals surface area (Å²) in [4.78, 5) is 2.22. The van der Waals surface area contributed by atoms with Crippen molar-refractivity contribution in [3.8, 4) is 6.07 Å². The quantitative estimate of drug-likeness (QED) is 0.846. The molecule has 1 aliphatic carbocycles. The SMILES string of the molecule is CN(c1ccccc1C#N)C1CCCC(N)C1. The Morgan fingerprint density at radius 3 is 2.82 bits per heavy atom. The summed E-state index contributed by atoms with van der Waals surface area (Å²) in [5, 5.41) is 9.12. The van der Waals surface area contributed by atoms with Gasteiger partial charge in [0.2, 0.25) is 0 Å². The highest BCUT2D eigenvalue weighted by molar-refractivity contribution is 5.59. The van der Waals surface area contributed by atoms with Crippen LogP contribution < -0.4 is 10.6 Å². The van der Waals surface area contributed by atoms with Gasteiger partial charge in [-0.15, -0.1) is 0 Å². The third-order valence-electron chi connectivity index (χ3n) is 3.64. The van der Waals surface area contributed by atoms with Crippen LogP contribution in [-0.4, -0.2) is 19.1 Å². The summed E-state index contributed by atoms with van der Waals surface area (Å²) >= 11 is 0. The molecule has 1 fully saturated rings. The van der Waals surface area contributed by atoms with Gasteiger partial charge in [0.05, 0.1) is 11.3 Å². The number of rotatable bonds is 2. The minimum atomic E-state index is 0.311. The summed E-state index contributed by atoms with van der Waals surface area (Å²) in [6.07, 6.45) is 4.51. The fourth-order valence-corrected chi connectivity index (χ4v) is 2.63. The molecule has 0 saturated heterocycles. The van der Waals surface area contributed by atoms with E-state index in [1.54, 1.807) is 0 Å². The van der Waals surface area contributed by atoms with Crippen molar-refractivity contribution in [2.45, 2.75) is 37.8 Å². The molecule has 1 aliphatic rings. The molecule has 1 aromatic rings. The third kappa shape index (κ3) is 2.59. The molecule has 2 unspecified atom stereocenters. The molecule has 1 saturated carbocycles. The predicted octanol–water partition coefficient (Wildman–Crippen LogP) is 2.26.